The standard InChI is InChI=1S/C19H22N2/c1-2-8-16(9-3-1)14-20-13-7-6-10-17-15-21-19-12-5-4-11-18(17)19/h1-5,8-9,11-12,15,20-21H,6-7,10,13-14H2. The summed E-state index contributed by atoms with van der Waals surface area (Å²) in [5.74, 6) is 0. The van der Waals surface area contributed by atoms with Crippen molar-refractivity contribution in [2.75, 3.05) is 6.54 Å². The molecule has 0 aliphatic carbocycles. The number of hydrogen-bond acceptors (Lipinski definition) is 1. The molecule has 1 heterocycles. The van der Waals surface area contributed by atoms with Crippen LogP contribution in [0, 0.1) is 0 Å². The number of benzene rings is 2. The number of rotatable bonds is 7. The van der Waals surface area contributed by atoms with E-state index in [0.29, 0.717) is 0 Å². The highest BCUT2D eigenvalue weighted by Crippen LogP contribution is 2.19. The third-order valence-electron chi connectivity index (χ3n) is 3.90. The van der Waals surface area contributed by atoms with Crippen molar-refractivity contribution in [3.63, 3.8) is 0 Å². The van der Waals surface area contributed by atoms with Crippen molar-refractivity contribution >= 4 is 10.9 Å². The molecule has 2 N–H and O–H groups in total. The molecule has 3 rings (SSSR count). The predicted molar refractivity (Wildman–Crippen MR) is 89.4 cm³/mol. The van der Waals surface area contributed by atoms with Crippen LogP contribution in [0.1, 0.15) is 24.0 Å². The first kappa shape index (κ1) is 13.9. The van der Waals surface area contributed by atoms with Crippen molar-refractivity contribution in [2.24, 2.45) is 0 Å². The van der Waals surface area contributed by atoms with Crippen molar-refractivity contribution in [1.82, 2.24) is 10.3 Å². The van der Waals surface area contributed by atoms with E-state index in [2.05, 4.69) is 71.1 Å². The zero-order valence-corrected chi connectivity index (χ0v) is 12.3. The second-order valence-corrected chi connectivity index (χ2v) is 5.48. The minimum atomic E-state index is 0.966. The van der Waals surface area contributed by atoms with Gasteiger partial charge < -0.3 is 10.3 Å². The molecule has 0 spiro atoms. The van der Waals surface area contributed by atoms with Gasteiger partial charge in [0.05, 0.1) is 0 Å². The maximum absolute atomic E-state index is 3.51. The van der Waals surface area contributed by atoms with Crippen molar-refractivity contribution in [1.29, 1.82) is 0 Å². The summed E-state index contributed by atoms with van der Waals surface area (Å²) in [5.41, 5.74) is 4.04. The highest BCUT2D eigenvalue weighted by molar-refractivity contribution is 5.82. The second-order valence-electron chi connectivity index (χ2n) is 5.48. The molecule has 0 fully saturated rings. The lowest BCUT2D eigenvalue weighted by molar-refractivity contribution is 0.623. The average molecular weight is 278 g/mol. The van der Waals surface area contributed by atoms with Gasteiger partial charge in [0.2, 0.25) is 0 Å². The summed E-state index contributed by atoms with van der Waals surface area (Å²) in [4.78, 5) is 3.35. The molecule has 0 atom stereocenters. The number of aryl methyl sites for hydroxylation is 1. The van der Waals surface area contributed by atoms with Crippen molar-refractivity contribution in [2.45, 2.75) is 25.8 Å². The molecular formula is C19H22N2. The smallest absolute Gasteiger partial charge is 0.0456 e. The lowest BCUT2D eigenvalue weighted by atomic mass is 10.1. The van der Waals surface area contributed by atoms with Crippen molar-refractivity contribution in [3.8, 4) is 0 Å². The normalized spacial score (nSPS) is 11.0. The number of aromatic amines is 1. The van der Waals surface area contributed by atoms with E-state index >= 15 is 0 Å². The quantitative estimate of drug-likeness (QED) is 0.620. The molecule has 2 nitrogen and oxygen atoms in total. The van der Waals surface area contributed by atoms with Crippen molar-refractivity contribution in [3.05, 3.63) is 71.9 Å². The van der Waals surface area contributed by atoms with Gasteiger partial charge in [-0.1, -0.05) is 48.5 Å². The zero-order valence-electron chi connectivity index (χ0n) is 12.3. The zero-order chi connectivity index (χ0) is 14.3. The first-order valence-electron chi connectivity index (χ1n) is 7.73. The highest BCUT2D eigenvalue weighted by atomic mass is 14.8. The molecule has 2 aromatic carbocycles. The van der Waals surface area contributed by atoms with Crippen LogP contribution in [-0.4, -0.2) is 11.5 Å². The maximum Gasteiger partial charge on any atom is 0.0456 e. The topological polar surface area (TPSA) is 27.8 Å². The largest absolute Gasteiger partial charge is 0.361 e. The van der Waals surface area contributed by atoms with Gasteiger partial charge in [-0.25, -0.2) is 0 Å². The number of para-hydroxylation sites is 1. The molecule has 3 aromatic rings. The fourth-order valence-corrected chi connectivity index (χ4v) is 2.73. The fraction of sp³-hybridized carbons (Fsp3) is 0.263. The lowest BCUT2D eigenvalue weighted by Gasteiger charge is -2.04. The van der Waals surface area contributed by atoms with E-state index in [-0.39, 0.29) is 0 Å². The molecule has 1 aromatic heterocycles. The average Bonchev–Trinajstić information content (AvgIpc) is 2.95. The first-order valence-corrected chi connectivity index (χ1v) is 7.73. The van der Waals surface area contributed by atoms with E-state index in [1.807, 2.05) is 0 Å². The number of nitrogens with one attached hydrogen (secondary N) is 2. The van der Waals surface area contributed by atoms with Crippen LogP contribution in [0.4, 0.5) is 0 Å². The van der Waals surface area contributed by atoms with Crippen LogP contribution in [-0.2, 0) is 13.0 Å². The van der Waals surface area contributed by atoms with Gasteiger partial charge in [0, 0.05) is 23.6 Å². The number of fused-ring (bicyclic) bond motifs is 1. The summed E-state index contributed by atoms with van der Waals surface area (Å²) in [6.07, 6.45) is 5.75. The third kappa shape index (κ3) is 3.73. The van der Waals surface area contributed by atoms with Crippen LogP contribution in [0.15, 0.2) is 60.8 Å². The Kier molecular flexibility index (Phi) is 4.70. The van der Waals surface area contributed by atoms with Crippen LogP contribution in [0.25, 0.3) is 10.9 Å². The summed E-state index contributed by atoms with van der Waals surface area (Å²) >= 11 is 0. The molecule has 0 bridgehead atoms. The lowest BCUT2D eigenvalue weighted by Crippen LogP contribution is -2.14. The van der Waals surface area contributed by atoms with E-state index in [1.165, 1.54) is 34.9 Å². The van der Waals surface area contributed by atoms with Gasteiger partial charge in [-0.15, -0.1) is 0 Å². The van der Waals surface area contributed by atoms with Crippen LogP contribution < -0.4 is 5.32 Å². The van der Waals surface area contributed by atoms with E-state index in [1.54, 1.807) is 0 Å². The first-order chi connectivity index (χ1) is 10.4. The van der Waals surface area contributed by atoms with Gasteiger partial charge in [0.1, 0.15) is 0 Å². The number of unbranched alkanes of at least 4 members (excludes halogenated alkanes) is 1. The maximum atomic E-state index is 3.51. The van der Waals surface area contributed by atoms with Crippen LogP contribution in [0.3, 0.4) is 0 Å². The molecule has 0 saturated heterocycles. The summed E-state index contributed by atoms with van der Waals surface area (Å²) in [6.45, 7) is 2.05. The summed E-state index contributed by atoms with van der Waals surface area (Å²) in [5, 5.41) is 4.88. The Bertz CT molecular complexity index is 670. The van der Waals surface area contributed by atoms with Crippen LogP contribution in [0.5, 0.6) is 0 Å². The molecule has 2 heteroatoms. The highest BCUT2D eigenvalue weighted by Gasteiger charge is 2.02. The summed E-state index contributed by atoms with van der Waals surface area (Å²) in [6, 6.07) is 19.1. The molecule has 0 aliphatic rings. The molecule has 0 radical (unpaired) electrons. The van der Waals surface area contributed by atoms with E-state index in [0.717, 1.165) is 19.5 Å². The monoisotopic (exact) mass is 278 g/mol. The Morgan fingerprint density at radius 3 is 2.57 bits per heavy atom. The molecular weight excluding hydrogens is 256 g/mol. The molecule has 0 aliphatic heterocycles. The third-order valence-corrected chi connectivity index (χ3v) is 3.90. The van der Waals surface area contributed by atoms with Gasteiger partial charge in [-0.3, -0.25) is 0 Å². The van der Waals surface area contributed by atoms with Gasteiger partial charge in [0.15, 0.2) is 0 Å². The molecule has 0 amide bonds. The van der Waals surface area contributed by atoms with Gasteiger partial charge in [0.25, 0.3) is 0 Å². The van der Waals surface area contributed by atoms with Gasteiger partial charge in [-0.2, -0.15) is 0 Å². The summed E-state index contributed by atoms with van der Waals surface area (Å²) in [7, 11) is 0. The Morgan fingerprint density at radius 1 is 0.857 bits per heavy atom. The van der Waals surface area contributed by atoms with Crippen molar-refractivity contribution < 1.29 is 0 Å². The van der Waals surface area contributed by atoms with E-state index < -0.39 is 0 Å². The minimum Gasteiger partial charge on any atom is -0.361 e. The van der Waals surface area contributed by atoms with Gasteiger partial charge in [-0.05, 0) is 43.0 Å². The SMILES string of the molecule is c1ccc(CNCCCCc2c[nH]c3ccccc23)cc1. The minimum absolute atomic E-state index is 0.966. The van der Waals surface area contributed by atoms with Crippen LogP contribution in [0.2, 0.25) is 0 Å². The van der Waals surface area contributed by atoms with E-state index in [4.69, 9.17) is 0 Å². The van der Waals surface area contributed by atoms with Crippen LogP contribution >= 0.6 is 0 Å². The Hall–Kier alpha value is -2.06. The predicted octanol–water partition coefficient (Wildman–Crippen LogP) is 4.28. The Labute approximate surface area is 126 Å². The Morgan fingerprint density at radius 2 is 1.67 bits per heavy atom. The van der Waals surface area contributed by atoms with Gasteiger partial charge >= 0.3 is 0 Å². The fourth-order valence-electron chi connectivity index (χ4n) is 2.73. The summed E-state index contributed by atoms with van der Waals surface area (Å²) < 4.78 is 0. The van der Waals surface area contributed by atoms with E-state index in [9.17, 15) is 0 Å². The number of hydrogen-bond donors (Lipinski definition) is 2. The Balaban J connectivity index is 1.39. The molecule has 0 saturated carbocycles. The number of H-pyrrole nitrogens is 1. The number of aromatic nitrogens is 1. The molecule has 108 valence electrons. The second kappa shape index (κ2) is 7.09. The molecule has 0 unspecified atom stereocenters. The molecule has 21 heavy (non-hydrogen) atoms.